The third-order valence-corrected chi connectivity index (χ3v) is 9.93. The molecule has 6 rings (SSSR count). The minimum atomic E-state index is -1.29. The fourth-order valence-corrected chi connectivity index (χ4v) is 7.45. The Morgan fingerprint density at radius 2 is 1.56 bits per heavy atom. The van der Waals surface area contributed by atoms with E-state index in [-0.39, 0.29) is 11.9 Å². The fraction of sp³-hybridized carbons (Fsp3) is 0.444. The lowest BCUT2D eigenvalue weighted by Gasteiger charge is -2.49. The Kier molecular flexibility index (Phi) is 9.51. The fourth-order valence-electron chi connectivity index (χ4n) is 7.45. The number of hydrogen-bond donors (Lipinski definition) is 4. The average molecular weight is 614 g/mol. The van der Waals surface area contributed by atoms with E-state index in [1.54, 1.807) is 0 Å². The third kappa shape index (κ3) is 6.92. The molecular weight excluding hydrogens is 570 g/mol. The van der Waals surface area contributed by atoms with Gasteiger partial charge in [-0.1, -0.05) is 84.9 Å². The molecule has 238 valence electrons. The average Bonchev–Trinajstić information content (AvgIpc) is 3.69. The SMILES string of the molecule is O=C(N[C@H]1c2ccccc2C[C@H]1O)[C@H](Cc1ccccc1)N1CCC(O)([C@H](Cc2ccccc2)N(C(=O)O)[C@H]2CCOC2)CC1. The van der Waals surface area contributed by atoms with E-state index in [1.165, 1.54) is 4.90 Å². The number of piperidine rings is 1. The molecule has 0 radical (unpaired) electrons. The number of amides is 2. The molecule has 45 heavy (non-hydrogen) atoms. The predicted octanol–water partition coefficient (Wildman–Crippen LogP) is 3.58. The number of likely N-dealkylation sites (tertiary alicyclic amines) is 1. The molecule has 0 saturated carbocycles. The van der Waals surface area contributed by atoms with E-state index in [2.05, 4.69) is 10.2 Å². The second-order valence-electron chi connectivity index (χ2n) is 12.7. The molecule has 0 spiro atoms. The summed E-state index contributed by atoms with van der Waals surface area (Å²) in [6.07, 6.45) is 0.821. The van der Waals surface area contributed by atoms with Crippen molar-refractivity contribution in [3.8, 4) is 0 Å². The molecule has 2 saturated heterocycles. The van der Waals surface area contributed by atoms with Crippen LogP contribution in [0.3, 0.4) is 0 Å². The van der Waals surface area contributed by atoms with Crippen molar-refractivity contribution in [2.45, 2.75) is 74.4 Å². The first-order valence-electron chi connectivity index (χ1n) is 16.0. The minimum absolute atomic E-state index is 0.166. The van der Waals surface area contributed by atoms with E-state index in [1.807, 2.05) is 84.9 Å². The molecule has 2 fully saturated rings. The molecule has 9 nitrogen and oxygen atoms in total. The summed E-state index contributed by atoms with van der Waals surface area (Å²) in [5, 5.41) is 36.7. The van der Waals surface area contributed by atoms with Gasteiger partial charge in [-0.2, -0.15) is 0 Å². The lowest BCUT2D eigenvalue weighted by molar-refractivity contribution is -0.132. The number of carboxylic acid groups (broad SMARTS) is 1. The number of rotatable bonds is 10. The van der Waals surface area contributed by atoms with Gasteiger partial charge in [0.1, 0.15) is 0 Å². The van der Waals surface area contributed by atoms with Crippen molar-refractivity contribution < 1.29 is 29.6 Å². The summed E-state index contributed by atoms with van der Waals surface area (Å²) in [6, 6.07) is 25.4. The monoisotopic (exact) mass is 613 g/mol. The van der Waals surface area contributed by atoms with Gasteiger partial charge in [0.05, 0.1) is 42.5 Å². The van der Waals surface area contributed by atoms with Crippen LogP contribution < -0.4 is 5.32 Å². The van der Waals surface area contributed by atoms with Crippen LogP contribution >= 0.6 is 0 Å². The van der Waals surface area contributed by atoms with Crippen LogP contribution in [-0.4, -0.2) is 93.3 Å². The quantitative estimate of drug-likeness (QED) is 0.276. The molecule has 4 N–H and O–H groups in total. The highest BCUT2D eigenvalue weighted by Crippen LogP contribution is 2.36. The Morgan fingerprint density at radius 1 is 0.933 bits per heavy atom. The van der Waals surface area contributed by atoms with Gasteiger partial charge in [-0.15, -0.1) is 0 Å². The van der Waals surface area contributed by atoms with Crippen LogP contribution in [-0.2, 0) is 28.8 Å². The number of aliphatic hydroxyl groups is 2. The summed E-state index contributed by atoms with van der Waals surface area (Å²) >= 11 is 0. The van der Waals surface area contributed by atoms with Crippen molar-refractivity contribution >= 4 is 12.0 Å². The van der Waals surface area contributed by atoms with Crippen LogP contribution in [0.4, 0.5) is 4.79 Å². The number of fused-ring (bicyclic) bond motifs is 1. The zero-order valence-corrected chi connectivity index (χ0v) is 25.5. The van der Waals surface area contributed by atoms with Gasteiger partial charge in [-0.3, -0.25) is 14.6 Å². The van der Waals surface area contributed by atoms with Gasteiger partial charge in [0.25, 0.3) is 0 Å². The summed E-state index contributed by atoms with van der Waals surface area (Å²) in [7, 11) is 0. The molecule has 9 heteroatoms. The minimum Gasteiger partial charge on any atom is -0.465 e. The predicted molar refractivity (Wildman–Crippen MR) is 170 cm³/mol. The lowest BCUT2D eigenvalue weighted by Crippen LogP contribution is -2.63. The maximum atomic E-state index is 14.0. The van der Waals surface area contributed by atoms with Crippen molar-refractivity contribution in [1.29, 1.82) is 0 Å². The second kappa shape index (κ2) is 13.7. The topological polar surface area (TPSA) is 123 Å². The maximum Gasteiger partial charge on any atom is 0.407 e. The number of hydrogen-bond acceptors (Lipinski definition) is 6. The Labute approximate surface area is 264 Å². The van der Waals surface area contributed by atoms with E-state index in [4.69, 9.17) is 4.74 Å². The zero-order chi connectivity index (χ0) is 31.4. The van der Waals surface area contributed by atoms with Crippen LogP contribution in [0, 0.1) is 0 Å². The van der Waals surface area contributed by atoms with E-state index in [0.29, 0.717) is 64.8 Å². The normalized spacial score (nSPS) is 24.0. The Hall–Kier alpha value is -3.76. The number of benzene rings is 3. The molecule has 3 aromatic carbocycles. The van der Waals surface area contributed by atoms with Crippen LogP contribution in [0.1, 0.15) is 47.6 Å². The first kappa shape index (κ1) is 31.2. The number of nitrogens with one attached hydrogen (secondary N) is 1. The molecule has 2 heterocycles. The van der Waals surface area contributed by atoms with Crippen molar-refractivity contribution in [2.75, 3.05) is 26.3 Å². The number of ether oxygens (including phenoxy) is 1. The molecule has 0 unspecified atom stereocenters. The van der Waals surface area contributed by atoms with Gasteiger partial charge in [0, 0.05) is 26.1 Å². The number of aliphatic hydroxyl groups excluding tert-OH is 1. The second-order valence-corrected chi connectivity index (χ2v) is 12.7. The van der Waals surface area contributed by atoms with Crippen LogP contribution in [0.2, 0.25) is 0 Å². The summed E-state index contributed by atoms with van der Waals surface area (Å²) in [6.45, 7) is 1.65. The largest absolute Gasteiger partial charge is 0.465 e. The number of carbonyl (C=O) groups excluding carboxylic acids is 1. The highest BCUT2D eigenvalue weighted by Gasteiger charge is 2.48. The summed E-state index contributed by atoms with van der Waals surface area (Å²) in [4.78, 5) is 30.3. The first-order valence-corrected chi connectivity index (χ1v) is 16.0. The molecule has 0 bridgehead atoms. The van der Waals surface area contributed by atoms with Gasteiger partial charge in [0.2, 0.25) is 5.91 Å². The molecule has 2 amide bonds. The smallest absolute Gasteiger partial charge is 0.407 e. The Morgan fingerprint density at radius 3 is 2.18 bits per heavy atom. The zero-order valence-electron chi connectivity index (χ0n) is 25.5. The van der Waals surface area contributed by atoms with E-state index >= 15 is 0 Å². The van der Waals surface area contributed by atoms with Gasteiger partial charge in [-0.25, -0.2) is 4.79 Å². The molecule has 3 aliphatic rings. The highest BCUT2D eigenvalue weighted by molar-refractivity contribution is 5.83. The lowest BCUT2D eigenvalue weighted by atomic mass is 9.79. The summed E-state index contributed by atoms with van der Waals surface area (Å²) < 4.78 is 5.57. The summed E-state index contributed by atoms with van der Waals surface area (Å²) in [5.74, 6) is -0.166. The van der Waals surface area contributed by atoms with E-state index in [0.717, 1.165) is 22.3 Å². The molecule has 2 aliphatic heterocycles. The van der Waals surface area contributed by atoms with Gasteiger partial charge in [0.15, 0.2) is 0 Å². The Balaban J connectivity index is 1.23. The number of carbonyl (C=O) groups is 2. The van der Waals surface area contributed by atoms with Crippen molar-refractivity contribution in [2.24, 2.45) is 0 Å². The van der Waals surface area contributed by atoms with Gasteiger partial charge in [-0.05, 0) is 54.4 Å². The third-order valence-electron chi connectivity index (χ3n) is 9.93. The first-order chi connectivity index (χ1) is 21.8. The standard InChI is InChI=1S/C36H43N3O6/c40-31-23-27-13-7-8-14-29(27)33(31)37-34(41)30(21-25-9-3-1-4-10-25)38-18-16-36(44,17-19-38)32(22-26-11-5-2-6-12-26)39(35(42)43)28-15-20-45-24-28/h1-14,28,30-33,40,44H,15-24H2,(H,37,41)(H,42,43)/t28-,30-,31+,32-,33-/m0/s1. The molecular formula is C36H43N3O6. The molecule has 1 aliphatic carbocycles. The number of nitrogens with zero attached hydrogens (tertiary/aromatic N) is 2. The van der Waals surface area contributed by atoms with Crippen LogP contribution in [0.15, 0.2) is 84.9 Å². The van der Waals surface area contributed by atoms with Gasteiger partial charge < -0.3 is 25.4 Å². The maximum absolute atomic E-state index is 14.0. The highest BCUT2D eigenvalue weighted by atomic mass is 16.5. The Bertz CT molecular complexity index is 1440. The van der Waals surface area contributed by atoms with Crippen LogP contribution in [0.25, 0.3) is 0 Å². The van der Waals surface area contributed by atoms with Gasteiger partial charge >= 0.3 is 6.09 Å². The van der Waals surface area contributed by atoms with Crippen LogP contribution in [0.5, 0.6) is 0 Å². The molecule has 0 aromatic heterocycles. The van der Waals surface area contributed by atoms with Crippen molar-refractivity contribution in [3.05, 3.63) is 107 Å². The molecule has 3 aromatic rings. The van der Waals surface area contributed by atoms with E-state index in [9.17, 15) is 24.9 Å². The van der Waals surface area contributed by atoms with Crippen molar-refractivity contribution in [1.82, 2.24) is 15.1 Å². The van der Waals surface area contributed by atoms with Crippen molar-refractivity contribution in [3.63, 3.8) is 0 Å². The summed E-state index contributed by atoms with van der Waals surface area (Å²) in [5.41, 5.74) is 2.67. The molecule has 5 atom stereocenters. The van der Waals surface area contributed by atoms with E-state index < -0.39 is 35.9 Å².